The molecule has 2 heterocycles. The largest absolute Gasteiger partial charge is 0.365 e. The molecule has 3 N–H and O–H groups in total. The molecule has 28 heavy (non-hydrogen) atoms. The Bertz CT molecular complexity index is 1230. The van der Waals surface area contributed by atoms with E-state index in [0.717, 1.165) is 10.1 Å². The fourth-order valence-electron chi connectivity index (χ4n) is 2.92. The Balaban J connectivity index is 1.73. The molecule has 4 aromatic rings. The third-order valence-electron chi connectivity index (χ3n) is 4.21. The molecule has 0 aliphatic heterocycles. The number of rotatable bonds is 4. The molecule has 0 saturated heterocycles. The van der Waals surface area contributed by atoms with E-state index in [1.54, 1.807) is 29.0 Å². The van der Waals surface area contributed by atoms with Gasteiger partial charge in [-0.25, -0.2) is 0 Å². The first-order valence-corrected chi connectivity index (χ1v) is 10.6. The normalized spacial score (nSPS) is 10.9. The Kier molecular flexibility index (Phi) is 5.12. The predicted molar refractivity (Wildman–Crippen MR) is 118 cm³/mol. The second kappa shape index (κ2) is 7.56. The maximum absolute atomic E-state index is 12.8. The quantitative estimate of drug-likeness (QED) is 0.386. The van der Waals surface area contributed by atoms with Crippen molar-refractivity contribution in [1.29, 1.82) is 0 Å². The van der Waals surface area contributed by atoms with Gasteiger partial charge in [0.15, 0.2) is 0 Å². The van der Waals surface area contributed by atoms with Crippen LogP contribution in [-0.4, -0.2) is 11.8 Å². The van der Waals surface area contributed by atoms with Crippen LogP contribution < -0.4 is 11.1 Å². The van der Waals surface area contributed by atoms with Crippen molar-refractivity contribution < 1.29 is 9.59 Å². The monoisotopic (exact) mass is 446 g/mol. The number of anilines is 1. The van der Waals surface area contributed by atoms with Gasteiger partial charge in [0.25, 0.3) is 11.8 Å². The first kappa shape index (κ1) is 19.0. The number of nitrogens with two attached hydrogens (primary N) is 1. The van der Waals surface area contributed by atoms with Crippen LogP contribution in [0.4, 0.5) is 5.00 Å². The highest BCUT2D eigenvalue weighted by Gasteiger charge is 2.22. The van der Waals surface area contributed by atoms with Crippen molar-refractivity contribution in [2.45, 2.75) is 0 Å². The lowest BCUT2D eigenvalue weighted by Crippen LogP contribution is -2.17. The Labute approximate surface area is 178 Å². The van der Waals surface area contributed by atoms with Gasteiger partial charge in [0, 0.05) is 42.0 Å². The second-order valence-corrected chi connectivity index (χ2v) is 8.58. The minimum atomic E-state index is -0.646. The molecule has 140 valence electrons. The van der Waals surface area contributed by atoms with E-state index in [2.05, 4.69) is 5.32 Å². The highest BCUT2D eigenvalue weighted by atomic mass is 35.5. The summed E-state index contributed by atoms with van der Waals surface area (Å²) in [4.78, 5) is 25.0. The van der Waals surface area contributed by atoms with E-state index in [-0.39, 0.29) is 11.5 Å². The maximum atomic E-state index is 12.8. The van der Waals surface area contributed by atoms with E-state index in [1.165, 1.54) is 22.7 Å². The summed E-state index contributed by atoms with van der Waals surface area (Å²) in [7, 11) is 0. The summed E-state index contributed by atoms with van der Waals surface area (Å²) in [6.45, 7) is 0. The summed E-state index contributed by atoms with van der Waals surface area (Å²) >= 11 is 15.0. The molecule has 0 bridgehead atoms. The van der Waals surface area contributed by atoms with Gasteiger partial charge in [-0.05, 0) is 18.2 Å². The molecule has 0 radical (unpaired) electrons. The minimum absolute atomic E-state index is 0.224. The molecule has 0 unspecified atom stereocenters. The fraction of sp³-hybridized carbons (Fsp3) is 0. The number of carbonyl (C=O) groups is 2. The summed E-state index contributed by atoms with van der Waals surface area (Å²) in [5.41, 5.74) is 7.57. The average Bonchev–Trinajstić information content (AvgIpc) is 3.26. The van der Waals surface area contributed by atoms with Crippen molar-refractivity contribution in [3.05, 3.63) is 74.4 Å². The number of nitrogens with one attached hydrogen (secondary N) is 1. The number of carbonyl (C=O) groups excluding carboxylic acids is 2. The molecule has 4 nitrogen and oxygen atoms in total. The van der Waals surface area contributed by atoms with Gasteiger partial charge in [-0.2, -0.15) is 0 Å². The molecule has 0 aliphatic rings. The van der Waals surface area contributed by atoms with Gasteiger partial charge in [0.05, 0.1) is 11.1 Å². The summed E-state index contributed by atoms with van der Waals surface area (Å²) in [5.74, 6) is -0.941. The highest BCUT2D eigenvalue weighted by molar-refractivity contribution is 7.17. The zero-order chi connectivity index (χ0) is 19.8. The maximum Gasteiger partial charge on any atom is 0.257 e. The number of hydrogen-bond acceptors (Lipinski definition) is 4. The molecule has 0 atom stereocenters. The lowest BCUT2D eigenvalue weighted by atomic mass is 10.0. The van der Waals surface area contributed by atoms with Crippen molar-refractivity contribution in [3.8, 4) is 11.1 Å². The molecular formula is C20H12Cl2N2O2S2. The predicted octanol–water partition coefficient (Wildman–Crippen LogP) is 6.29. The zero-order valence-corrected chi connectivity index (χ0v) is 17.3. The Hall–Kier alpha value is -2.38. The minimum Gasteiger partial charge on any atom is -0.365 e. The average molecular weight is 447 g/mol. The van der Waals surface area contributed by atoms with Crippen LogP contribution in [0.5, 0.6) is 0 Å². The van der Waals surface area contributed by atoms with Crippen LogP contribution in [0.15, 0.2) is 53.2 Å². The molecular weight excluding hydrogens is 435 g/mol. The number of halogens is 2. The fourth-order valence-corrected chi connectivity index (χ4v) is 5.34. The van der Waals surface area contributed by atoms with Crippen molar-refractivity contribution in [3.63, 3.8) is 0 Å². The smallest absolute Gasteiger partial charge is 0.257 e. The van der Waals surface area contributed by atoms with Crippen LogP contribution >= 0.6 is 45.9 Å². The number of primary amides is 1. The van der Waals surface area contributed by atoms with E-state index >= 15 is 0 Å². The molecule has 8 heteroatoms. The van der Waals surface area contributed by atoms with Crippen molar-refractivity contribution in [1.82, 2.24) is 0 Å². The molecule has 4 rings (SSSR count). The van der Waals surface area contributed by atoms with Gasteiger partial charge in [0.2, 0.25) is 0 Å². The van der Waals surface area contributed by atoms with E-state index in [9.17, 15) is 9.59 Å². The first-order chi connectivity index (χ1) is 13.5. The van der Waals surface area contributed by atoms with Crippen LogP contribution in [0, 0.1) is 0 Å². The molecule has 2 aromatic heterocycles. The Morgan fingerprint density at radius 2 is 1.75 bits per heavy atom. The number of fused-ring (bicyclic) bond motifs is 1. The van der Waals surface area contributed by atoms with Crippen LogP contribution in [0.25, 0.3) is 21.2 Å². The molecule has 0 fully saturated rings. The Morgan fingerprint density at radius 3 is 2.50 bits per heavy atom. The lowest BCUT2D eigenvalue weighted by molar-refractivity contribution is 0.100. The van der Waals surface area contributed by atoms with E-state index in [0.29, 0.717) is 31.7 Å². The van der Waals surface area contributed by atoms with Gasteiger partial charge in [-0.15, -0.1) is 22.7 Å². The summed E-state index contributed by atoms with van der Waals surface area (Å²) in [6.07, 6.45) is 0. The summed E-state index contributed by atoms with van der Waals surface area (Å²) in [5, 5.41) is 8.50. The second-order valence-electron chi connectivity index (χ2n) is 5.94. The van der Waals surface area contributed by atoms with Crippen LogP contribution in [0.2, 0.25) is 10.0 Å². The van der Waals surface area contributed by atoms with Crippen molar-refractivity contribution in [2.75, 3.05) is 5.32 Å². The van der Waals surface area contributed by atoms with Crippen molar-refractivity contribution in [2.24, 2.45) is 5.73 Å². The van der Waals surface area contributed by atoms with Gasteiger partial charge < -0.3 is 11.1 Å². The summed E-state index contributed by atoms with van der Waals surface area (Å²) in [6, 6.07) is 12.6. The molecule has 2 amide bonds. The number of amides is 2. The molecule has 0 spiro atoms. The van der Waals surface area contributed by atoms with E-state index in [4.69, 9.17) is 28.9 Å². The summed E-state index contributed by atoms with van der Waals surface area (Å²) < 4.78 is 1.02. The third kappa shape index (κ3) is 3.40. The van der Waals surface area contributed by atoms with Gasteiger partial charge in [-0.1, -0.05) is 47.5 Å². The number of thiophene rings is 2. The standard InChI is InChI=1S/C20H12Cl2N2O2S2/c21-10-5-6-11(15(22)7-10)13-8-28-20(17(13)18(23)25)24-19(26)14-9-27-16-4-2-1-3-12(14)16/h1-9H,(H2,23,25)(H,24,26). The Morgan fingerprint density at radius 1 is 0.964 bits per heavy atom. The highest BCUT2D eigenvalue weighted by Crippen LogP contribution is 2.39. The van der Waals surface area contributed by atoms with Crippen LogP contribution in [-0.2, 0) is 0 Å². The zero-order valence-electron chi connectivity index (χ0n) is 14.2. The lowest BCUT2D eigenvalue weighted by Gasteiger charge is -2.08. The third-order valence-corrected chi connectivity index (χ3v) is 6.62. The molecule has 2 aromatic carbocycles. The number of benzene rings is 2. The van der Waals surface area contributed by atoms with Gasteiger partial charge >= 0.3 is 0 Å². The first-order valence-electron chi connectivity index (χ1n) is 8.10. The van der Waals surface area contributed by atoms with E-state index < -0.39 is 5.91 Å². The van der Waals surface area contributed by atoms with Gasteiger partial charge in [0.1, 0.15) is 5.00 Å². The molecule has 0 aliphatic carbocycles. The van der Waals surface area contributed by atoms with Crippen LogP contribution in [0.3, 0.4) is 0 Å². The SMILES string of the molecule is NC(=O)c1c(-c2ccc(Cl)cc2Cl)csc1NC(=O)c1csc2ccccc12. The van der Waals surface area contributed by atoms with Gasteiger partial charge in [-0.3, -0.25) is 9.59 Å². The topological polar surface area (TPSA) is 72.2 Å². The van der Waals surface area contributed by atoms with Crippen LogP contribution in [0.1, 0.15) is 20.7 Å². The van der Waals surface area contributed by atoms with E-state index in [1.807, 2.05) is 24.3 Å². The number of hydrogen-bond donors (Lipinski definition) is 2. The van der Waals surface area contributed by atoms with Crippen molar-refractivity contribution >= 4 is 72.8 Å². The molecule has 0 saturated carbocycles.